The van der Waals surface area contributed by atoms with Gasteiger partial charge in [-0.25, -0.2) is 0 Å². The highest BCUT2D eigenvalue weighted by Crippen LogP contribution is 2.39. The van der Waals surface area contributed by atoms with Crippen LogP contribution in [0.4, 0.5) is 22.7 Å². The van der Waals surface area contributed by atoms with Gasteiger partial charge in [0.15, 0.2) is 0 Å². The molecule has 0 aliphatic carbocycles. The molecule has 0 atom stereocenters. The summed E-state index contributed by atoms with van der Waals surface area (Å²) in [5.74, 6) is -0.227. The summed E-state index contributed by atoms with van der Waals surface area (Å²) in [6.45, 7) is 1.63. The number of anilines is 4. The Morgan fingerprint density at radius 1 is 0.738 bits per heavy atom. The number of fused-ring (bicyclic) bond motifs is 4. The Labute approximate surface area is 263 Å². The van der Waals surface area contributed by atoms with Crippen molar-refractivity contribution in [3.8, 4) is 6.07 Å². The number of carbonyl (C=O) groups is 1. The Morgan fingerprint density at radius 3 is 1.83 bits per heavy atom. The molecular weight excluding hydrogens is 587 g/mol. The Balaban J connectivity index is 0.000000189. The van der Waals surface area contributed by atoms with E-state index in [0.29, 0.717) is 11.6 Å². The summed E-state index contributed by atoms with van der Waals surface area (Å²) in [5, 5.41) is 10.2. The molecule has 0 spiro atoms. The SMILES string of the molecule is Cl.N#CCC(=O)N1c2ccccc2CCc2ccc(Cl)cc21.NCCCN1c2ccccc2CCc2ccc(Cl)cc21. The largest absolute Gasteiger partial charge is 0.341 e. The van der Waals surface area contributed by atoms with Crippen molar-refractivity contribution < 1.29 is 4.79 Å². The van der Waals surface area contributed by atoms with Crippen molar-refractivity contribution in [1.82, 2.24) is 0 Å². The quantitative estimate of drug-likeness (QED) is 0.249. The molecule has 0 fully saturated rings. The average molecular weight is 620 g/mol. The number of amides is 1. The van der Waals surface area contributed by atoms with Crippen LogP contribution in [0.5, 0.6) is 0 Å². The van der Waals surface area contributed by atoms with E-state index in [1.54, 1.807) is 11.0 Å². The number of aryl methyl sites for hydroxylation is 4. The summed E-state index contributed by atoms with van der Waals surface area (Å²) >= 11 is 12.3. The summed E-state index contributed by atoms with van der Waals surface area (Å²) in [4.78, 5) is 16.5. The van der Waals surface area contributed by atoms with Crippen LogP contribution in [-0.2, 0) is 30.5 Å². The summed E-state index contributed by atoms with van der Waals surface area (Å²) in [6.07, 6.45) is 4.66. The molecule has 0 saturated carbocycles. The second kappa shape index (κ2) is 14.6. The number of benzene rings is 4. The molecule has 4 aromatic carbocycles. The van der Waals surface area contributed by atoms with Gasteiger partial charge in [-0.2, -0.15) is 5.26 Å². The predicted octanol–water partition coefficient (Wildman–Crippen LogP) is 8.36. The molecule has 6 rings (SSSR count). The first kappa shape index (κ1) is 31.4. The molecule has 0 saturated heterocycles. The van der Waals surface area contributed by atoms with E-state index in [9.17, 15) is 4.79 Å². The lowest BCUT2D eigenvalue weighted by atomic mass is 10.0. The van der Waals surface area contributed by atoms with E-state index in [-0.39, 0.29) is 24.7 Å². The zero-order valence-corrected chi connectivity index (χ0v) is 25.6. The normalized spacial score (nSPS) is 12.9. The van der Waals surface area contributed by atoms with Crippen molar-refractivity contribution in [2.24, 2.45) is 5.73 Å². The van der Waals surface area contributed by atoms with E-state index in [1.807, 2.05) is 48.5 Å². The lowest BCUT2D eigenvalue weighted by Crippen LogP contribution is -2.26. The molecule has 216 valence electrons. The molecule has 42 heavy (non-hydrogen) atoms. The van der Waals surface area contributed by atoms with Gasteiger partial charge < -0.3 is 10.6 Å². The molecule has 0 bridgehead atoms. The Bertz CT molecular complexity index is 1600. The van der Waals surface area contributed by atoms with Crippen LogP contribution in [0.25, 0.3) is 0 Å². The molecular formula is C34H33Cl3N4O. The zero-order chi connectivity index (χ0) is 28.8. The summed E-state index contributed by atoms with van der Waals surface area (Å²) in [7, 11) is 0. The van der Waals surface area contributed by atoms with E-state index in [1.165, 1.54) is 22.5 Å². The van der Waals surface area contributed by atoms with Gasteiger partial charge in [0.2, 0.25) is 5.91 Å². The van der Waals surface area contributed by atoms with Crippen LogP contribution in [0.3, 0.4) is 0 Å². The molecule has 2 N–H and O–H groups in total. The van der Waals surface area contributed by atoms with Crippen molar-refractivity contribution in [3.63, 3.8) is 0 Å². The maximum Gasteiger partial charge on any atom is 0.245 e. The number of nitrogens with two attached hydrogens (primary N) is 1. The molecule has 4 aromatic rings. The van der Waals surface area contributed by atoms with Crippen molar-refractivity contribution in [2.75, 3.05) is 22.9 Å². The van der Waals surface area contributed by atoms with Crippen LogP contribution in [0, 0.1) is 11.3 Å². The third kappa shape index (κ3) is 6.91. The molecule has 0 unspecified atom stereocenters. The lowest BCUT2D eigenvalue weighted by Gasteiger charge is -2.27. The van der Waals surface area contributed by atoms with Gasteiger partial charge in [0, 0.05) is 28.0 Å². The minimum atomic E-state index is -0.227. The van der Waals surface area contributed by atoms with Crippen molar-refractivity contribution in [3.05, 3.63) is 117 Å². The standard InChI is InChI=1S/C17H13ClN2O.C17H19ClN2.ClH/c18-14-8-7-13-6-5-12-3-1-2-4-15(12)20(16(13)11-14)17(21)9-10-19;18-15-9-8-14-7-6-13-4-1-2-5-16(13)20(11-3-10-19)17(14)12-15;/h1-4,7-8,11H,5-6,9H2;1-2,4-5,8-9,12H,3,6-7,10-11,19H2;1H. The van der Waals surface area contributed by atoms with Crippen molar-refractivity contribution in [2.45, 2.75) is 38.5 Å². The van der Waals surface area contributed by atoms with Crippen LogP contribution < -0.4 is 15.5 Å². The van der Waals surface area contributed by atoms with Crippen LogP contribution in [0.2, 0.25) is 10.0 Å². The molecule has 5 nitrogen and oxygen atoms in total. The molecule has 2 aliphatic rings. The van der Waals surface area contributed by atoms with Gasteiger partial charge in [-0.05, 0) is 97.3 Å². The Hall–Kier alpha value is -3.53. The van der Waals surface area contributed by atoms with E-state index >= 15 is 0 Å². The van der Waals surface area contributed by atoms with Crippen molar-refractivity contribution in [1.29, 1.82) is 5.26 Å². The first-order valence-corrected chi connectivity index (χ1v) is 14.7. The Morgan fingerprint density at radius 2 is 1.24 bits per heavy atom. The van der Waals surface area contributed by atoms with Crippen LogP contribution in [0.1, 0.15) is 35.1 Å². The molecule has 1 amide bonds. The number of rotatable bonds is 4. The number of hydrogen-bond donors (Lipinski definition) is 1. The monoisotopic (exact) mass is 618 g/mol. The minimum Gasteiger partial charge on any atom is -0.341 e. The van der Waals surface area contributed by atoms with Crippen molar-refractivity contribution >= 4 is 64.3 Å². The molecule has 8 heteroatoms. The van der Waals surface area contributed by atoms with Crippen LogP contribution in [0.15, 0.2) is 84.9 Å². The predicted molar refractivity (Wildman–Crippen MR) is 176 cm³/mol. The topological polar surface area (TPSA) is 73.4 Å². The van der Waals surface area contributed by atoms with E-state index < -0.39 is 0 Å². The molecule has 2 aliphatic heterocycles. The maximum absolute atomic E-state index is 12.4. The first-order chi connectivity index (χ1) is 20.0. The number of hydrogen-bond acceptors (Lipinski definition) is 4. The van der Waals surface area contributed by atoms with E-state index in [0.717, 1.165) is 66.2 Å². The van der Waals surface area contributed by atoms with Gasteiger partial charge in [0.1, 0.15) is 6.42 Å². The number of para-hydroxylation sites is 2. The number of nitriles is 1. The third-order valence-corrected chi connectivity index (χ3v) is 8.00. The third-order valence-electron chi connectivity index (χ3n) is 7.53. The van der Waals surface area contributed by atoms with Gasteiger partial charge >= 0.3 is 0 Å². The number of nitrogens with zero attached hydrogens (tertiary/aromatic N) is 3. The fourth-order valence-corrected chi connectivity index (χ4v) is 5.92. The van der Waals surface area contributed by atoms with Gasteiger partial charge in [-0.1, -0.05) is 71.7 Å². The van der Waals surface area contributed by atoms with E-state index in [2.05, 4.69) is 41.3 Å². The fraction of sp³-hybridized carbons (Fsp3) is 0.235. The average Bonchev–Trinajstić information content (AvgIpc) is 3.24. The Kier molecular flexibility index (Phi) is 10.9. The first-order valence-electron chi connectivity index (χ1n) is 13.9. The second-order valence-corrected chi connectivity index (χ2v) is 11.0. The zero-order valence-electron chi connectivity index (χ0n) is 23.2. The highest BCUT2D eigenvalue weighted by atomic mass is 35.5. The number of halogens is 3. The maximum atomic E-state index is 12.4. The fourth-order valence-electron chi connectivity index (χ4n) is 5.59. The summed E-state index contributed by atoms with van der Waals surface area (Å²) in [6, 6.07) is 30.2. The van der Waals surface area contributed by atoms with Crippen LogP contribution >= 0.6 is 35.6 Å². The van der Waals surface area contributed by atoms with E-state index in [4.69, 9.17) is 34.2 Å². The lowest BCUT2D eigenvalue weighted by molar-refractivity contribution is -0.117. The van der Waals surface area contributed by atoms with Gasteiger partial charge in [0.05, 0.1) is 17.4 Å². The summed E-state index contributed by atoms with van der Waals surface area (Å²) < 4.78 is 0. The second-order valence-electron chi connectivity index (χ2n) is 10.2. The smallest absolute Gasteiger partial charge is 0.245 e. The number of carbonyl (C=O) groups excluding carboxylic acids is 1. The van der Waals surface area contributed by atoms with Gasteiger partial charge in [-0.3, -0.25) is 9.69 Å². The highest BCUT2D eigenvalue weighted by molar-refractivity contribution is 6.31. The van der Waals surface area contributed by atoms with Gasteiger partial charge in [0.25, 0.3) is 0 Å². The molecule has 0 aromatic heterocycles. The van der Waals surface area contributed by atoms with Gasteiger partial charge in [-0.15, -0.1) is 12.4 Å². The highest BCUT2D eigenvalue weighted by Gasteiger charge is 2.25. The van der Waals surface area contributed by atoms with Crippen LogP contribution in [-0.4, -0.2) is 19.0 Å². The minimum absolute atomic E-state index is 0. The molecule has 2 heterocycles. The molecule has 0 radical (unpaired) electrons. The summed E-state index contributed by atoms with van der Waals surface area (Å²) in [5.41, 5.74) is 14.8.